The van der Waals surface area contributed by atoms with Gasteiger partial charge in [-0.3, -0.25) is 0 Å². The average molecular weight is 170 g/mol. The molecule has 2 saturated heterocycles. The molecule has 2 atom stereocenters. The van der Waals surface area contributed by atoms with Gasteiger partial charge in [-0.05, 0) is 32.7 Å². The predicted molar refractivity (Wildman–Crippen MR) is 47.8 cm³/mol. The van der Waals surface area contributed by atoms with Gasteiger partial charge in [-0.2, -0.15) is 0 Å². The molecule has 3 nitrogen and oxygen atoms in total. The highest BCUT2D eigenvalue weighted by Gasteiger charge is 2.44. The summed E-state index contributed by atoms with van der Waals surface area (Å²) in [5.74, 6) is 0. The lowest BCUT2D eigenvalue weighted by Crippen LogP contribution is -2.56. The summed E-state index contributed by atoms with van der Waals surface area (Å²) >= 11 is 0. The van der Waals surface area contributed by atoms with Crippen LogP contribution in [0.2, 0.25) is 0 Å². The van der Waals surface area contributed by atoms with Gasteiger partial charge in [-0.25, -0.2) is 0 Å². The molecule has 0 aromatic rings. The van der Waals surface area contributed by atoms with Crippen LogP contribution in [0.15, 0.2) is 0 Å². The first kappa shape index (κ1) is 8.48. The largest absolute Gasteiger partial charge is 0.394 e. The molecular formula is C9H18N2O. The number of hydrogen-bond acceptors (Lipinski definition) is 3. The number of rotatable bonds is 1. The topological polar surface area (TPSA) is 49.5 Å². The molecule has 0 saturated carbocycles. The van der Waals surface area contributed by atoms with Crippen molar-refractivity contribution in [1.29, 1.82) is 0 Å². The Bertz CT molecular complexity index is 169. The first-order valence-electron chi connectivity index (χ1n) is 4.76. The molecule has 0 aliphatic carbocycles. The first-order valence-corrected chi connectivity index (χ1v) is 4.76. The molecular weight excluding hydrogens is 152 g/mol. The van der Waals surface area contributed by atoms with E-state index in [9.17, 15) is 0 Å². The van der Waals surface area contributed by atoms with Gasteiger partial charge in [0, 0.05) is 17.6 Å². The van der Waals surface area contributed by atoms with Crippen LogP contribution < -0.4 is 5.73 Å². The second-order valence-electron chi connectivity index (χ2n) is 4.48. The van der Waals surface area contributed by atoms with Crippen LogP contribution in [0.25, 0.3) is 0 Å². The van der Waals surface area contributed by atoms with Crippen LogP contribution in [0, 0.1) is 0 Å². The number of nitrogens with two attached hydrogens (primary N) is 1. The zero-order valence-corrected chi connectivity index (χ0v) is 7.66. The number of fused-ring (bicyclic) bond motifs is 2. The van der Waals surface area contributed by atoms with E-state index < -0.39 is 0 Å². The fourth-order valence-corrected chi connectivity index (χ4v) is 2.73. The number of nitrogens with zero attached hydrogens (tertiary/aromatic N) is 1. The standard InChI is InChI=1S/C9H18N2O/c1-11-7-2-3-8(11)5-9(10,4-7)6-12/h7-8,12H,2-6,10H2,1H3. The Labute approximate surface area is 73.5 Å². The highest BCUT2D eigenvalue weighted by atomic mass is 16.3. The Morgan fingerprint density at radius 1 is 1.42 bits per heavy atom. The Morgan fingerprint density at radius 3 is 2.33 bits per heavy atom. The molecule has 2 unspecified atom stereocenters. The van der Waals surface area contributed by atoms with Crippen LogP contribution >= 0.6 is 0 Å². The minimum absolute atomic E-state index is 0.147. The van der Waals surface area contributed by atoms with Gasteiger partial charge in [-0.15, -0.1) is 0 Å². The molecule has 2 aliphatic heterocycles. The molecule has 2 aliphatic rings. The molecule has 0 spiro atoms. The zero-order chi connectivity index (χ0) is 8.77. The van der Waals surface area contributed by atoms with Crippen molar-refractivity contribution in [3.05, 3.63) is 0 Å². The van der Waals surface area contributed by atoms with Gasteiger partial charge in [0.25, 0.3) is 0 Å². The van der Waals surface area contributed by atoms with E-state index in [-0.39, 0.29) is 12.1 Å². The highest BCUT2D eigenvalue weighted by molar-refractivity contribution is 5.02. The van der Waals surface area contributed by atoms with Crippen LogP contribution in [0.3, 0.4) is 0 Å². The Balaban J connectivity index is 2.12. The monoisotopic (exact) mass is 170 g/mol. The fraction of sp³-hybridized carbons (Fsp3) is 1.00. The minimum Gasteiger partial charge on any atom is -0.394 e. The van der Waals surface area contributed by atoms with Gasteiger partial charge in [0.05, 0.1) is 6.61 Å². The normalized spacial score (nSPS) is 48.2. The maximum absolute atomic E-state index is 9.16. The minimum atomic E-state index is -0.279. The number of aliphatic hydroxyl groups is 1. The molecule has 0 aromatic heterocycles. The van der Waals surface area contributed by atoms with E-state index >= 15 is 0 Å². The lowest BCUT2D eigenvalue weighted by Gasteiger charge is -2.42. The van der Waals surface area contributed by atoms with Gasteiger partial charge in [0.2, 0.25) is 0 Å². The van der Waals surface area contributed by atoms with Crippen molar-refractivity contribution in [2.24, 2.45) is 5.73 Å². The van der Waals surface area contributed by atoms with Crippen molar-refractivity contribution in [3.8, 4) is 0 Å². The van der Waals surface area contributed by atoms with E-state index in [0.717, 1.165) is 12.8 Å². The zero-order valence-electron chi connectivity index (χ0n) is 7.66. The van der Waals surface area contributed by atoms with Crippen molar-refractivity contribution >= 4 is 0 Å². The second-order valence-corrected chi connectivity index (χ2v) is 4.48. The van der Waals surface area contributed by atoms with Crippen LogP contribution in [0.1, 0.15) is 25.7 Å². The summed E-state index contributed by atoms with van der Waals surface area (Å²) in [6.07, 6.45) is 4.47. The van der Waals surface area contributed by atoms with Gasteiger partial charge >= 0.3 is 0 Å². The third-order valence-electron chi connectivity index (χ3n) is 3.58. The average Bonchev–Trinajstić information content (AvgIpc) is 2.32. The van der Waals surface area contributed by atoms with Gasteiger partial charge in [0.15, 0.2) is 0 Å². The molecule has 3 N–H and O–H groups in total. The summed E-state index contributed by atoms with van der Waals surface area (Å²) in [5, 5.41) is 9.16. The molecule has 2 rings (SSSR count). The maximum Gasteiger partial charge on any atom is 0.0612 e. The van der Waals surface area contributed by atoms with Crippen molar-refractivity contribution < 1.29 is 5.11 Å². The molecule has 0 amide bonds. The Kier molecular flexibility index (Phi) is 1.90. The van der Waals surface area contributed by atoms with Crippen LogP contribution in [0.4, 0.5) is 0 Å². The molecule has 2 fully saturated rings. The molecule has 70 valence electrons. The molecule has 2 bridgehead atoms. The number of aliphatic hydroxyl groups excluding tert-OH is 1. The Hall–Kier alpha value is -0.120. The molecule has 0 aromatic carbocycles. The summed E-state index contributed by atoms with van der Waals surface area (Å²) in [5.41, 5.74) is 5.79. The smallest absolute Gasteiger partial charge is 0.0612 e. The number of hydrogen-bond donors (Lipinski definition) is 2. The quantitative estimate of drug-likeness (QED) is 0.579. The first-order chi connectivity index (χ1) is 5.64. The van der Waals surface area contributed by atoms with Crippen molar-refractivity contribution in [3.63, 3.8) is 0 Å². The van der Waals surface area contributed by atoms with E-state index in [1.54, 1.807) is 0 Å². The van der Waals surface area contributed by atoms with Crippen molar-refractivity contribution in [1.82, 2.24) is 4.90 Å². The molecule has 12 heavy (non-hydrogen) atoms. The summed E-state index contributed by atoms with van der Waals surface area (Å²) in [4.78, 5) is 2.43. The van der Waals surface area contributed by atoms with E-state index in [1.165, 1.54) is 12.8 Å². The third kappa shape index (κ3) is 1.16. The molecule has 2 heterocycles. The third-order valence-corrected chi connectivity index (χ3v) is 3.58. The Morgan fingerprint density at radius 2 is 1.92 bits per heavy atom. The lowest BCUT2D eigenvalue weighted by molar-refractivity contribution is 0.0717. The summed E-state index contributed by atoms with van der Waals surface area (Å²) in [7, 11) is 2.18. The van der Waals surface area contributed by atoms with Crippen LogP contribution in [-0.4, -0.2) is 41.3 Å². The second kappa shape index (κ2) is 2.69. The number of piperidine rings is 1. The predicted octanol–water partition coefficient (Wildman–Crippen LogP) is -0.0672. The van der Waals surface area contributed by atoms with E-state index in [4.69, 9.17) is 10.8 Å². The van der Waals surface area contributed by atoms with Crippen molar-refractivity contribution in [2.45, 2.75) is 43.3 Å². The van der Waals surface area contributed by atoms with E-state index in [1.807, 2.05) is 0 Å². The SMILES string of the molecule is CN1C2CCC1CC(N)(CO)C2. The van der Waals surface area contributed by atoms with Gasteiger partial charge in [-0.1, -0.05) is 0 Å². The van der Waals surface area contributed by atoms with E-state index in [2.05, 4.69) is 11.9 Å². The maximum atomic E-state index is 9.16. The summed E-state index contributed by atoms with van der Waals surface area (Å²) in [6.45, 7) is 0.147. The lowest BCUT2D eigenvalue weighted by atomic mass is 9.85. The summed E-state index contributed by atoms with van der Waals surface area (Å²) < 4.78 is 0. The van der Waals surface area contributed by atoms with Gasteiger partial charge in [0.1, 0.15) is 0 Å². The van der Waals surface area contributed by atoms with Gasteiger partial charge < -0.3 is 15.7 Å². The summed E-state index contributed by atoms with van der Waals surface area (Å²) in [6, 6.07) is 1.25. The molecule has 3 heteroatoms. The molecule has 0 radical (unpaired) electrons. The van der Waals surface area contributed by atoms with E-state index in [0.29, 0.717) is 12.1 Å². The van der Waals surface area contributed by atoms with Crippen molar-refractivity contribution in [2.75, 3.05) is 13.7 Å². The van der Waals surface area contributed by atoms with Crippen LogP contribution in [0.5, 0.6) is 0 Å². The van der Waals surface area contributed by atoms with Crippen LogP contribution in [-0.2, 0) is 0 Å². The highest BCUT2D eigenvalue weighted by Crippen LogP contribution is 2.38. The fourth-order valence-electron chi connectivity index (χ4n) is 2.73.